The van der Waals surface area contributed by atoms with Crippen LogP contribution in [0.3, 0.4) is 0 Å². The Morgan fingerprint density at radius 2 is 1.67 bits per heavy atom. The highest BCUT2D eigenvalue weighted by molar-refractivity contribution is 7.89. The fourth-order valence-electron chi connectivity index (χ4n) is 2.90. The maximum Gasteiger partial charge on any atom is 0.292 e. The van der Waals surface area contributed by atoms with Gasteiger partial charge in [-0.3, -0.25) is 14.9 Å². The van der Waals surface area contributed by atoms with Gasteiger partial charge in [0.25, 0.3) is 11.6 Å². The number of rotatable bonds is 11. The quantitative estimate of drug-likeness (QED) is 0.416. The molecule has 2 rings (SSSR count). The van der Waals surface area contributed by atoms with Gasteiger partial charge in [0, 0.05) is 24.7 Å². The normalized spacial score (nSPS) is 11.4. The van der Waals surface area contributed by atoms with E-state index in [1.807, 2.05) is 13.8 Å². The van der Waals surface area contributed by atoms with E-state index >= 15 is 0 Å². The summed E-state index contributed by atoms with van der Waals surface area (Å²) in [7, 11) is -3.75. The molecule has 30 heavy (non-hydrogen) atoms. The average molecular weight is 434 g/mol. The van der Waals surface area contributed by atoms with Crippen LogP contribution in [-0.2, 0) is 10.0 Å². The molecule has 0 aliphatic heterocycles. The summed E-state index contributed by atoms with van der Waals surface area (Å²) < 4.78 is 27.7. The topological polar surface area (TPSA) is 110 Å². The van der Waals surface area contributed by atoms with Gasteiger partial charge < -0.3 is 5.32 Å². The van der Waals surface area contributed by atoms with E-state index in [1.165, 1.54) is 46.8 Å². The number of unbranched alkanes of at least 4 members (excludes halogenated alkanes) is 2. The number of nitro groups is 1. The summed E-state index contributed by atoms with van der Waals surface area (Å²) in [5.74, 6) is -0.616. The third-order valence-corrected chi connectivity index (χ3v) is 6.50. The van der Waals surface area contributed by atoms with Crippen molar-refractivity contribution in [2.24, 2.45) is 0 Å². The lowest BCUT2D eigenvalue weighted by Gasteiger charge is -2.22. The minimum Gasteiger partial charge on any atom is -0.316 e. The van der Waals surface area contributed by atoms with Gasteiger partial charge in [-0.25, -0.2) is 8.42 Å². The number of nitrogens with zero attached hydrogens (tertiary/aromatic N) is 2. The lowest BCUT2D eigenvalue weighted by atomic mass is 10.2. The van der Waals surface area contributed by atoms with Gasteiger partial charge in [-0.05, 0) is 37.1 Å². The fourth-order valence-corrected chi connectivity index (χ4v) is 4.46. The van der Waals surface area contributed by atoms with Crippen molar-refractivity contribution in [2.45, 2.75) is 44.4 Å². The molecule has 8 nitrogen and oxygen atoms in total. The molecule has 162 valence electrons. The van der Waals surface area contributed by atoms with E-state index in [-0.39, 0.29) is 21.8 Å². The highest BCUT2D eigenvalue weighted by Gasteiger charge is 2.25. The molecule has 0 unspecified atom stereocenters. The molecule has 1 N–H and O–H groups in total. The molecule has 0 atom stereocenters. The predicted octanol–water partition coefficient (Wildman–Crippen LogP) is 4.44. The van der Waals surface area contributed by atoms with E-state index in [9.17, 15) is 23.3 Å². The van der Waals surface area contributed by atoms with Gasteiger partial charge in [-0.15, -0.1) is 0 Å². The Labute approximate surface area is 177 Å². The monoisotopic (exact) mass is 433 g/mol. The SMILES string of the molecule is CCCCN(CCCC)S(=O)(=O)c1cccc(C(=O)Nc2ccccc2[N+](=O)[O-])c1. The molecule has 0 saturated carbocycles. The number of hydrogen-bond acceptors (Lipinski definition) is 5. The van der Waals surface area contributed by atoms with E-state index in [0.717, 1.165) is 25.7 Å². The molecule has 9 heteroatoms. The Balaban J connectivity index is 2.30. The Hall–Kier alpha value is -2.78. The Morgan fingerprint density at radius 1 is 1.03 bits per heavy atom. The van der Waals surface area contributed by atoms with Crippen molar-refractivity contribution in [3.63, 3.8) is 0 Å². The maximum atomic E-state index is 13.1. The number of hydrogen-bond donors (Lipinski definition) is 1. The third-order valence-electron chi connectivity index (χ3n) is 4.61. The first-order valence-corrected chi connectivity index (χ1v) is 11.4. The van der Waals surface area contributed by atoms with Gasteiger partial charge in [0.15, 0.2) is 0 Å². The molecule has 2 aromatic rings. The van der Waals surface area contributed by atoms with E-state index < -0.39 is 20.9 Å². The highest BCUT2D eigenvalue weighted by atomic mass is 32.2. The van der Waals surface area contributed by atoms with Crippen molar-refractivity contribution in [3.8, 4) is 0 Å². The van der Waals surface area contributed by atoms with Crippen LogP contribution in [0.15, 0.2) is 53.4 Å². The lowest BCUT2D eigenvalue weighted by Crippen LogP contribution is -2.33. The van der Waals surface area contributed by atoms with Gasteiger partial charge in [0.2, 0.25) is 10.0 Å². The maximum absolute atomic E-state index is 13.1. The molecule has 0 aliphatic carbocycles. The standard InChI is InChI=1S/C21H27N3O5S/c1-3-5-14-23(15-6-4-2)30(28,29)18-11-9-10-17(16-18)21(25)22-19-12-7-8-13-20(19)24(26)27/h7-13,16H,3-6,14-15H2,1-2H3,(H,22,25). The zero-order chi connectivity index (χ0) is 22.1. The van der Waals surface area contributed by atoms with Crippen molar-refractivity contribution < 1.29 is 18.1 Å². The first kappa shape index (κ1) is 23.5. The van der Waals surface area contributed by atoms with Crippen molar-refractivity contribution in [2.75, 3.05) is 18.4 Å². The van der Waals surface area contributed by atoms with E-state index in [2.05, 4.69) is 5.32 Å². The molecule has 2 aromatic carbocycles. The first-order chi connectivity index (χ1) is 14.3. The van der Waals surface area contributed by atoms with Crippen LogP contribution in [0.25, 0.3) is 0 Å². The van der Waals surface area contributed by atoms with Gasteiger partial charge in [-0.1, -0.05) is 44.9 Å². The summed E-state index contributed by atoms with van der Waals surface area (Å²) in [6, 6.07) is 11.5. The largest absolute Gasteiger partial charge is 0.316 e. The molecule has 0 saturated heterocycles. The molecule has 0 aliphatic rings. The van der Waals surface area contributed by atoms with Crippen LogP contribution < -0.4 is 5.32 Å². The molecular weight excluding hydrogens is 406 g/mol. The van der Waals surface area contributed by atoms with Gasteiger partial charge in [-0.2, -0.15) is 4.31 Å². The van der Waals surface area contributed by atoms with E-state index in [4.69, 9.17) is 0 Å². The van der Waals surface area contributed by atoms with Gasteiger partial charge >= 0.3 is 0 Å². The minimum absolute atomic E-state index is 0.0323. The molecule has 0 bridgehead atoms. The van der Waals surface area contributed by atoms with Crippen LogP contribution in [0, 0.1) is 10.1 Å². The summed E-state index contributed by atoms with van der Waals surface area (Å²) >= 11 is 0. The van der Waals surface area contributed by atoms with Crippen LogP contribution in [0.5, 0.6) is 0 Å². The second kappa shape index (κ2) is 10.8. The van der Waals surface area contributed by atoms with Gasteiger partial charge in [0.1, 0.15) is 5.69 Å². The number of amides is 1. The number of benzene rings is 2. The van der Waals surface area contributed by atoms with Crippen LogP contribution in [0.1, 0.15) is 49.9 Å². The zero-order valence-corrected chi connectivity index (χ0v) is 18.0. The van der Waals surface area contributed by atoms with Crippen LogP contribution >= 0.6 is 0 Å². The molecule has 1 amide bonds. The molecule has 0 radical (unpaired) electrons. The lowest BCUT2D eigenvalue weighted by molar-refractivity contribution is -0.383. The predicted molar refractivity (Wildman–Crippen MR) is 116 cm³/mol. The number of carbonyl (C=O) groups is 1. The van der Waals surface area contributed by atoms with Crippen LogP contribution in [-0.4, -0.2) is 36.6 Å². The number of sulfonamides is 1. The molecule has 0 fully saturated rings. The summed E-state index contributed by atoms with van der Waals surface area (Å²) in [5.41, 5.74) is -0.0756. The van der Waals surface area contributed by atoms with Crippen LogP contribution in [0.4, 0.5) is 11.4 Å². The van der Waals surface area contributed by atoms with E-state index in [1.54, 1.807) is 6.07 Å². The second-order valence-corrected chi connectivity index (χ2v) is 8.81. The number of nitro benzene ring substituents is 1. The average Bonchev–Trinajstić information content (AvgIpc) is 2.74. The summed E-state index contributed by atoms with van der Waals surface area (Å²) in [4.78, 5) is 23.2. The first-order valence-electron chi connectivity index (χ1n) is 9.96. The summed E-state index contributed by atoms with van der Waals surface area (Å²) in [6.45, 7) is 4.84. The van der Waals surface area contributed by atoms with E-state index in [0.29, 0.717) is 13.1 Å². The minimum atomic E-state index is -3.75. The summed E-state index contributed by atoms with van der Waals surface area (Å²) in [5, 5.41) is 13.6. The molecule has 0 aromatic heterocycles. The Kier molecular flexibility index (Phi) is 8.49. The second-order valence-electron chi connectivity index (χ2n) is 6.87. The smallest absolute Gasteiger partial charge is 0.292 e. The Morgan fingerprint density at radius 3 is 2.27 bits per heavy atom. The zero-order valence-electron chi connectivity index (χ0n) is 17.2. The third kappa shape index (κ3) is 5.87. The van der Waals surface area contributed by atoms with Crippen molar-refractivity contribution in [1.29, 1.82) is 0 Å². The number of nitrogens with one attached hydrogen (secondary N) is 1. The number of para-hydroxylation sites is 2. The highest BCUT2D eigenvalue weighted by Crippen LogP contribution is 2.24. The molecular formula is C21H27N3O5S. The summed E-state index contributed by atoms with van der Waals surface area (Å²) in [6.07, 6.45) is 3.24. The number of anilines is 1. The number of carbonyl (C=O) groups excluding carboxylic acids is 1. The molecule has 0 spiro atoms. The van der Waals surface area contributed by atoms with Crippen LogP contribution in [0.2, 0.25) is 0 Å². The van der Waals surface area contributed by atoms with Crippen molar-refractivity contribution >= 4 is 27.3 Å². The molecule has 0 heterocycles. The van der Waals surface area contributed by atoms with Crippen molar-refractivity contribution in [1.82, 2.24) is 4.31 Å². The van der Waals surface area contributed by atoms with Crippen molar-refractivity contribution in [3.05, 3.63) is 64.2 Å². The van der Waals surface area contributed by atoms with Gasteiger partial charge in [0.05, 0.1) is 9.82 Å². The fraction of sp³-hybridized carbons (Fsp3) is 0.381. The Bertz CT molecular complexity index is 984.